The first-order valence-corrected chi connectivity index (χ1v) is 4.95. The third-order valence-electron chi connectivity index (χ3n) is 2.47. The summed E-state index contributed by atoms with van der Waals surface area (Å²) >= 11 is 0. The molecule has 1 atom stereocenters. The van der Waals surface area contributed by atoms with Crippen molar-refractivity contribution < 1.29 is 14.6 Å². The van der Waals surface area contributed by atoms with Gasteiger partial charge in [-0.2, -0.15) is 0 Å². The van der Waals surface area contributed by atoms with Gasteiger partial charge in [0.1, 0.15) is 0 Å². The SMILES string of the molecule is O=C(O)c1ccccc1NC[C@@H]1CCO1. The van der Waals surface area contributed by atoms with E-state index in [1.807, 2.05) is 6.07 Å². The zero-order chi connectivity index (χ0) is 10.7. The zero-order valence-corrected chi connectivity index (χ0v) is 8.27. The van der Waals surface area contributed by atoms with Crippen LogP contribution in [0.5, 0.6) is 0 Å². The molecule has 15 heavy (non-hydrogen) atoms. The van der Waals surface area contributed by atoms with Gasteiger partial charge in [-0.25, -0.2) is 4.79 Å². The third-order valence-corrected chi connectivity index (χ3v) is 2.47. The number of hydrogen-bond acceptors (Lipinski definition) is 3. The Morgan fingerprint density at radius 2 is 2.27 bits per heavy atom. The molecule has 1 saturated heterocycles. The van der Waals surface area contributed by atoms with Crippen LogP contribution in [0.25, 0.3) is 0 Å². The summed E-state index contributed by atoms with van der Waals surface area (Å²) in [7, 11) is 0. The highest BCUT2D eigenvalue weighted by molar-refractivity contribution is 5.94. The molecule has 1 heterocycles. The van der Waals surface area contributed by atoms with Gasteiger partial charge >= 0.3 is 5.97 Å². The molecule has 0 aromatic heterocycles. The van der Waals surface area contributed by atoms with Crippen LogP contribution in [-0.4, -0.2) is 30.3 Å². The van der Waals surface area contributed by atoms with Gasteiger partial charge in [-0.15, -0.1) is 0 Å². The van der Waals surface area contributed by atoms with E-state index >= 15 is 0 Å². The Morgan fingerprint density at radius 3 is 2.87 bits per heavy atom. The van der Waals surface area contributed by atoms with Gasteiger partial charge < -0.3 is 15.2 Å². The Bertz CT molecular complexity index is 361. The van der Waals surface area contributed by atoms with E-state index < -0.39 is 5.97 Å². The van der Waals surface area contributed by atoms with Gasteiger partial charge in [0.25, 0.3) is 0 Å². The first-order valence-electron chi connectivity index (χ1n) is 4.95. The number of nitrogens with one attached hydrogen (secondary N) is 1. The maximum absolute atomic E-state index is 10.9. The largest absolute Gasteiger partial charge is 0.478 e. The predicted molar refractivity (Wildman–Crippen MR) is 56.2 cm³/mol. The lowest BCUT2D eigenvalue weighted by Crippen LogP contribution is -2.33. The quantitative estimate of drug-likeness (QED) is 0.787. The molecule has 0 aliphatic carbocycles. The number of carboxylic acids is 1. The molecule has 0 saturated carbocycles. The van der Waals surface area contributed by atoms with Crippen molar-refractivity contribution in [2.75, 3.05) is 18.5 Å². The van der Waals surface area contributed by atoms with Gasteiger partial charge in [-0.1, -0.05) is 12.1 Å². The van der Waals surface area contributed by atoms with Gasteiger partial charge in [0.15, 0.2) is 0 Å². The second kappa shape index (κ2) is 4.31. The molecule has 4 nitrogen and oxygen atoms in total. The molecule has 0 bridgehead atoms. The fraction of sp³-hybridized carbons (Fsp3) is 0.364. The highest BCUT2D eigenvalue weighted by Crippen LogP contribution is 2.17. The summed E-state index contributed by atoms with van der Waals surface area (Å²) in [5.41, 5.74) is 0.956. The van der Waals surface area contributed by atoms with Crippen molar-refractivity contribution in [1.82, 2.24) is 0 Å². The van der Waals surface area contributed by atoms with Crippen LogP contribution >= 0.6 is 0 Å². The van der Waals surface area contributed by atoms with Crippen LogP contribution in [0.3, 0.4) is 0 Å². The van der Waals surface area contributed by atoms with Gasteiger partial charge in [0, 0.05) is 18.8 Å². The summed E-state index contributed by atoms with van der Waals surface area (Å²) in [6.45, 7) is 1.48. The summed E-state index contributed by atoms with van der Waals surface area (Å²) in [5, 5.41) is 12.0. The van der Waals surface area contributed by atoms with E-state index in [9.17, 15) is 4.79 Å². The van der Waals surface area contributed by atoms with E-state index in [4.69, 9.17) is 9.84 Å². The summed E-state index contributed by atoms with van der Waals surface area (Å²) in [6.07, 6.45) is 1.27. The van der Waals surface area contributed by atoms with Crippen LogP contribution in [0.1, 0.15) is 16.8 Å². The average molecular weight is 207 g/mol. The fourth-order valence-corrected chi connectivity index (χ4v) is 1.49. The maximum atomic E-state index is 10.9. The highest BCUT2D eigenvalue weighted by atomic mass is 16.5. The number of aromatic carboxylic acids is 1. The first kappa shape index (κ1) is 9.98. The zero-order valence-electron chi connectivity index (χ0n) is 8.27. The topological polar surface area (TPSA) is 58.6 Å². The smallest absolute Gasteiger partial charge is 0.337 e. The van der Waals surface area contributed by atoms with Crippen molar-refractivity contribution in [2.24, 2.45) is 0 Å². The second-order valence-electron chi connectivity index (χ2n) is 3.51. The van der Waals surface area contributed by atoms with Crippen LogP contribution in [0.15, 0.2) is 24.3 Å². The van der Waals surface area contributed by atoms with Crippen molar-refractivity contribution in [3.63, 3.8) is 0 Å². The number of rotatable bonds is 4. The van der Waals surface area contributed by atoms with Crippen LogP contribution in [-0.2, 0) is 4.74 Å². The molecule has 0 amide bonds. The molecule has 0 unspecified atom stereocenters. The summed E-state index contributed by atoms with van der Waals surface area (Å²) in [6, 6.07) is 6.89. The van der Waals surface area contributed by atoms with Crippen molar-refractivity contribution in [3.8, 4) is 0 Å². The van der Waals surface area contributed by atoms with Crippen LogP contribution in [0, 0.1) is 0 Å². The Labute approximate surface area is 87.9 Å². The molecule has 4 heteroatoms. The van der Waals surface area contributed by atoms with E-state index in [1.165, 1.54) is 0 Å². The van der Waals surface area contributed by atoms with Gasteiger partial charge in [-0.05, 0) is 18.6 Å². The lowest BCUT2D eigenvalue weighted by atomic mass is 10.1. The molecule has 1 aliphatic rings. The van der Waals surface area contributed by atoms with Gasteiger partial charge in [0.2, 0.25) is 0 Å². The Morgan fingerprint density at radius 1 is 1.53 bits per heavy atom. The average Bonchev–Trinajstić information content (AvgIpc) is 2.16. The minimum atomic E-state index is -0.910. The molecule has 0 spiro atoms. The number of ether oxygens (including phenoxy) is 1. The minimum Gasteiger partial charge on any atom is -0.478 e. The highest BCUT2D eigenvalue weighted by Gasteiger charge is 2.18. The molecule has 1 aromatic carbocycles. The van der Waals surface area contributed by atoms with Crippen molar-refractivity contribution in [1.29, 1.82) is 0 Å². The minimum absolute atomic E-state index is 0.229. The van der Waals surface area contributed by atoms with Crippen molar-refractivity contribution in [2.45, 2.75) is 12.5 Å². The summed E-state index contributed by atoms with van der Waals surface area (Å²) in [4.78, 5) is 10.9. The van der Waals surface area contributed by atoms with E-state index in [2.05, 4.69) is 5.32 Å². The third kappa shape index (κ3) is 2.27. The molecular formula is C11H13NO3. The van der Waals surface area contributed by atoms with E-state index in [0.717, 1.165) is 13.0 Å². The summed E-state index contributed by atoms with van der Waals surface area (Å²) < 4.78 is 5.24. The van der Waals surface area contributed by atoms with Crippen molar-refractivity contribution >= 4 is 11.7 Å². The molecule has 1 fully saturated rings. The Balaban J connectivity index is 2.02. The lowest BCUT2D eigenvalue weighted by molar-refractivity contribution is -0.0410. The Hall–Kier alpha value is -1.55. The number of carboxylic acid groups (broad SMARTS) is 1. The van der Waals surface area contributed by atoms with Crippen molar-refractivity contribution in [3.05, 3.63) is 29.8 Å². The monoisotopic (exact) mass is 207 g/mol. The van der Waals surface area contributed by atoms with Crippen LogP contribution < -0.4 is 5.32 Å². The van der Waals surface area contributed by atoms with Crippen LogP contribution in [0.4, 0.5) is 5.69 Å². The molecule has 80 valence electrons. The standard InChI is InChI=1S/C11H13NO3/c13-11(14)9-3-1-2-4-10(9)12-7-8-5-6-15-8/h1-4,8,12H,5-7H2,(H,13,14)/t8-/m0/s1. The Kier molecular flexibility index (Phi) is 2.87. The fourth-order valence-electron chi connectivity index (χ4n) is 1.49. The molecule has 2 rings (SSSR count). The number of benzene rings is 1. The first-order chi connectivity index (χ1) is 7.27. The van der Waals surface area contributed by atoms with E-state index in [0.29, 0.717) is 17.8 Å². The number of anilines is 1. The van der Waals surface area contributed by atoms with E-state index in [1.54, 1.807) is 18.2 Å². The predicted octanol–water partition coefficient (Wildman–Crippen LogP) is 1.59. The molecular weight excluding hydrogens is 194 g/mol. The molecule has 1 aliphatic heterocycles. The molecule has 1 aromatic rings. The molecule has 2 N–H and O–H groups in total. The second-order valence-corrected chi connectivity index (χ2v) is 3.51. The van der Waals surface area contributed by atoms with Gasteiger partial charge in [0.05, 0.1) is 11.7 Å². The maximum Gasteiger partial charge on any atom is 0.337 e. The number of carbonyl (C=O) groups is 1. The summed E-state index contributed by atoms with van der Waals surface area (Å²) in [5.74, 6) is -0.910. The van der Waals surface area contributed by atoms with Crippen LogP contribution in [0.2, 0.25) is 0 Å². The normalized spacial score (nSPS) is 19.3. The number of hydrogen-bond donors (Lipinski definition) is 2. The van der Waals surface area contributed by atoms with Gasteiger partial charge in [-0.3, -0.25) is 0 Å². The lowest BCUT2D eigenvalue weighted by Gasteiger charge is -2.27. The molecule has 0 radical (unpaired) electrons. The number of para-hydroxylation sites is 1. The van der Waals surface area contributed by atoms with E-state index in [-0.39, 0.29) is 6.10 Å².